The molecule has 1 aliphatic rings. The lowest BCUT2D eigenvalue weighted by Gasteiger charge is -2.23. The second-order valence-electron chi connectivity index (χ2n) is 4.43. The van der Waals surface area contributed by atoms with Crippen molar-refractivity contribution in [3.8, 4) is 6.07 Å². The molecular formula is C13H16FN3. The van der Waals surface area contributed by atoms with Crippen molar-refractivity contribution in [1.82, 2.24) is 5.32 Å². The zero-order chi connectivity index (χ0) is 12.1. The Hall–Kier alpha value is -1.60. The zero-order valence-corrected chi connectivity index (χ0v) is 9.67. The van der Waals surface area contributed by atoms with Crippen molar-refractivity contribution < 1.29 is 4.39 Å². The van der Waals surface area contributed by atoms with Crippen LogP contribution in [0, 0.1) is 23.1 Å². The van der Waals surface area contributed by atoms with Gasteiger partial charge in [-0.05, 0) is 50.0 Å². The topological polar surface area (TPSA) is 47.9 Å². The third-order valence-electron chi connectivity index (χ3n) is 3.02. The van der Waals surface area contributed by atoms with E-state index in [9.17, 15) is 4.39 Å². The summed E-state index contributed by atoms with van der Waals surface area (Å²) in [7, 11) is 0. The van der Waals surface area contributed by atoms with Crippen LogP contribution in [-0.4, -0.2) is 19.6 Å². The molecular weight excluding hydrogens is 217 g/mol. The van der Waals surface area contributed by atoms with Crippen molar-refractivity contribution >= 4 is 5.69 Å². The minimum atomic E-state index is -0.367. The van der Waals surface area contributed by atoms with Gasteiger partial charge in [0.15, 0.2) is 0 Å². The molecule has 1 aromatic rings. The van der Waals surface area contributed by atoms with Crippen molar-refractivity contribution in [2.24, 2.45) is 5.92 Å². The molecule has 0 bridgehead atoms. The molecule has 4 heteroatoms. The molecule has 0 spiro atoms. The molecule has 2 N–H and O–H groups in total. The first-order valence-corrected chi connectivity index (χ1v) is 5.93. The maximum atomic E-state index is 13.2. The normalized spacial score (nSPS) is 19.6. The number of piperidine rings is 1. The number of hydrogen-bond donors (Lipinski definition) is 2. The van der Waals surface area contributed by atoms with Crippen LogP contribution in [0.3, 0.4) is 0 Å². The standard InChI is InChI=1S/C13H16FN3/c14-12-4-11(7-15)5-13(6-12)17-9-10-2-1-3-16-8-10/h4-6,10,16-17H,1-3,8-9H2. The average Bonchev–Trinajstić information content (AvgIpc) is 2.37. The van der Waals surface area contributed by atoms with Crippen LogP contribution in [0.15, 0.2) is 18.2 Å². The SMILES string of the molecule is N#Cc1cc(F)cc(NCC2CCCNC2)c1. The van der Waals surface area contributed by atoms with Gasteiger partial charge in [-0.25, -0.2) is 4.39 Å². The molecule has 3 nitrogen and oxygen atoms in total. The van der Waals surface area contributed by atoms with Gasteiger partial charge in [0.1, 0.15) is 5.82 Å². The zero-order valence-electron chi connectivity index (χ0n) is 9.67. The lowest BCUT2D eigenvalue weighted by Crippen LogP contribution is -2.33. The van der Waals surface area contributed by atoms with E-state index in [1.807, 2.05) is 6.07 Å². The Balaban J connectivity index is 1.94. The summed E-state index contributed by atoms with van der Waals surface area (Å²) in [6, 6.07) is 6.30. The first-order chi connectivity index (χ1) is 8.28. The molecule has 90 valence electrons. The quantitative estimate of drug-likeness (QED) is 0.840. The first-order valence-electron chi connectivity index (χ1n) is 5.93. The minimum absolute atomic E-state index is 0.356. The first kappa shape index (κ1) is 11.9. The van der Waals surface area contributed by atoms with Crippen LogP contribution in [0.25, 0.3) is 0 Å². The van der Waals surface area contributed by atoms with E-state index in [0.717, 1.165) is 19.6 Å². The highest BCUT2D eigenvalue weighted by Gasteiger charge is 2.12. The van der Waals surface area contributed by atoms with Crippen LogP contribution >= 0.6 is 0 Å². The number of nitrogens with zero attached hydrogens (tertiary/aromatic N) is 1. The van der Waals surface area contributed by atoms with Gasteiger partial charge in [0.2, 0.25) is 0 Å². The van der Waals surface area contributed by atoms with Gasteiger partial charge in [-0.2, -0.15) is 5.26 Å². The number of nitrogens with one attached hydrogen (secondary N) is 2. The van der Waals surface area contributed by atoms with Crippen molar-refractivity contribution in [1.29, 1.82) is 5.26 Å². The van der Waals surface area contributed by atoms with Crippen LogP contribution in [0.2, 0.25) is 0 Å². The summed E-state index contributed by atoms with van der Waals surface area (Å²) < 4.78 is 13.2. The molecule has 1 aliphatic heterocycles. The highest BCUT2D eigenvalue weighted by atomic mass is 19.1. The second-order valence-corrected chi connectivity index (χ2v) is 4.43. The lowest BCUT2D eigenvalue weighted by atomic mass is 9.99. The summed E-state index contributed by atoms with van der Waals surface area (Å²) in [4.78, 5) is 0. The van der Waals surface area contributed by atoms with E-state index in [1.54, 1.807) is 6.07 Å². The summed E-state index contributed by atoms with van der Waals surface area (Å²) in [5, 5.41) is 15.3. The fraction of sp³-hybridized carbons (Fsp3) is 0.462. The largest absolute Gasteiger partial charge is 0.385 e. The molecule has 0 aromatic heterocycles. The van der Waals surface area contributed by atoms with Gasteiger partial charge in [-0.1, -0.05) is 0 Å². The van der Waals surface area contributed by atoms with E-state index < -0.39 is 0 Å². The highest BCUT2D eigenvalue weighted by Crippen LogP contribution is 2.16. The second kappa shape index (κ2) is 5.65. The van der Waals surface area contributed by atoms with E-state index in [-0.39, 0.29) is 5.82 Å². The van der Waals surface area contributed by atoms with Gasteiger partial charge >= 0.3 is 0 Å². The van der Waals surface area contributed by atoms with E-state index in [0.29, 0.717) is 17.2 Å². The Labute approximate surface area is 101 Å². The van der Waals surface area contributed by atoms with E-state index in [4.69, 9.17) is 5.26 Å². The molecule has 0 radical (unpaired) electrons. The molecule has 1 fully saturated rings. The lowest BCUT2D eigenvalue weighted by molar-refractivity contribution is 0.393. The number of anilines is 1. The van der Waals surface area contributed by atoms with Crippen LogP contribution in [0.5, 0.6) is 0 Å². The molecule has 1 unspecified atom stereocenters. The third-order valence-corrected chi connectivity index (χ3v) is 3.02. The van der Waals surface area contributed by atoms with Gasteiger partial charge < -0.3 is 10.6 Å². The van der Waals surface area contributed by atoms with Crippen molar-refractivity contribution in [3.05, 3.63) is 29.6 Å². The van der Waals surface area contributed by atoms with Crippen molar-refractivity contribution in [3.63, 3.8) is 0 Å². The predicted octanol–water partition coefficient (Wildman–Crippen LogP) is 2.11. The van der Waals surface area contributed by atoms with Crippen LogP contribution in [0.4, 0.5) is 10.1 Å². The van der Waals surface area contributed by atoms with Gasteiger partial charge in [-0.15, -0.1) is 0 Å². The van der Waals surface area contributed by atoms with Crippen molar-refractivity contribution in [2.45, 2.75) is 12.8 Å². The Bertz CT molecular complexity index is 419. The van der Waals surface area contributed by atoms with Crippen LogP contribution in [0.1, 0.15) is 18.4 Å². The molecule has 0 amide bonds. The summed E-state index contributed by atoms with van der Waals surface area (Å²) >= 11 is 0. The number of rotatable bonds is 3. The molecule has 1 atom stereocenters. The molecule has 1 saturated heterocycles. The van der Waals surface area contributed by atoms with Gasteiger partial charge in [0, 0.05) is 12.2 Å². The fourth-order valence-electron chi connectivity index (χ4n) is 2.12. The molecule has 1 aromatic carbocycles. The highest BCUT2D eigenvalue weighted by molar-refractivity contribution is 5.49. The van der Waals surface area contributed by atoms with Gasteiger partial charge in [0.05, 0.1) is 11.6 Å². The predicted molar refractivity (Wildman–Crippen MR) is 65.2 cm³/mol. The summed E-state index contributed by atoms with van der Waals surface area (Å²) in [6.07, 6.45) is 2.39. The Morgan fingerprint density at radius 3 is 3.06 bits per heavy atom. The number of nitriles is 1. The molecule has 17 heavy (non-hydrogen) atoms. The summed E-state index contributed by atoms with van der Waals surface area (Å²) in [5.41, 5.74) is 1.04. The fourth-order valence-corrected chi connectivity index (χ4v) is 2.12. The average molecular weight is 233 g/mol. The number of hydrogen-bond acceptors (Lipinski definition) is 3. The number of benzene rings is 1. The summed E-state index contributed by atoms with van der Waals surface area (Å²) in [5.74, 6) is 0.214. The van der Waals surface area contributed by atoms with Gasteiger partial charge in [0.25, 0.3) is 0 Å². The maximum absolute atomic E-state index is 13.2. The van der Waals surface area contributed by atoms with Gasteiger partial charge in [-0.3, -0.25) is 0 Å². The van der Waals surface area contributed by atoms with E-state index in [2.05, 4.69) is 10.6 Å². The van der Waals surface area contributed by atoms with Crippen molar-refractivity contribution in [2.75, 3.05) is 25.0 Å². The minimum Gasteiger partial charge on any atom is -0.385 e. The Kier molecular flexibility index (Phi) is 3.94. The molecule has 0 saturated carbocycles. The Morgan fingerprint density at radius 1 is 1.47 bits per heavy atom. The molecule has 1 heterocycles. The van der Waals surface area contributed by atoms with Crippen LogP contribution in [-0.2, 0) is 0 Å². The smallest absolute Gasteiger partial charge is 0.126 e. The molecule has 0 aliphatic carbocycles. The van der Waals surface area contributed by atoms with E-state index >= 15 is 0 Å². The van der Waals surface area contributed by atoms with Crippen LogP contribution < -0.4 is 10.6 Å². The molecule has 2 rings (SSSR count). The number of halogens is 1. The monoisotopic (exact) mass is 233 g/mol. The maximum Gasteiger partial charge on any atom is 0.126 e. The Morgan fingerprint density at radius 2 is 2.35 bits per heavy atom. The summed E-state index contributed by atoms with van der Waals surface area (Å²) in [6.45, 7) is 2.92. The third kappa shape index (κ3) is 3.43. The van der Waals surface area contributed by atoms with E-state index in [1.165, 1.54) is 25.0 Å².